The summed E-state index contributed by atoms with van der Waals surface area (Å²) in [6, 6.07) is 4.81. The zero-order valence-corrected chi connectivity index (χ0v) is 11.5. The van der Waals surface area contributed by atoms with Gasteiger partial charge in [0.25, 0.3) is 0 Å². The molecule has 2 aromatic rings. The molecule has 0 aliphatic heterocycles. The smallest absolute Gasteiger partial charge is 0.0794 e. The maximum atomic E-state index is 4.17. The number of aromatic amines is 1. The first-order valence-corrected chi connectivity index (χ1v) is 7.50. The Kier molecular flexibility index (Phi) is 3.48. The summed E-state index contributed by atoms with van der Waals surface area (Å²) in [6.45, 7) is 3.18. The first kappa shape index (κ1) is 11.9. The second kappa shape index (κ2) is 5.24. The molecule has 0 spiro atoms. The van der Waals surface area contributed by atoms with Crippen molar-refractivity contribution in [2.75, 3.05) is 0 Å². The summed E-state index contributed by atoms with van der Waals surface area (Å²) in [4.78, 5) is 1.26. The van der Waals surface area contributed by atoms with Crippen LogP contribution in [0.1, 0.15) is 31.7 Å². The van der Waals surface area contributed by atoms with Crippen LogP contribution in [0.25, 0.3) is 10.6 Å². The maximum Gasteiger partial charge on any atom is 0.0794 e. The average Bonchev–Trinajstić information content (AvgIpc) is 2.86. The molecule has 2 aromatic heterocycles. The summed E-state index contributed by atoms with van der Waals surface area (Å²) >= 11 is 1.75. The Hall–Kier alpha value is -1.13. The Morgan fingerprint density at radius 3 is 3.17 bits per heavy atom. The van der Waals surface area contributed by atoms with Gasteiger partial charge in [0.05, 0.1) is 16.8 Å². The van der Waals surface area contributed by atoms with E-state index in [1.807, 2.05) is 6.20 Å². The fourth-order valence-electron chi connectivity index (χ4n) is 2.30. The molecule has 1 aliphatic carbocycles. The van der Waals surface area contributed by atoms with Crippen molar-refractivity contribution in [3.05, 3.63) is 29.3 Å². The zero-order chi connectivity index (χ0) is 12.4. The lowest BCUT2D eigenvalue weighted by Crippen LogP contribution is -2.25. The van der Waals surface area contributed by atoms with Crippen LogP contribution in [-0.4, -0.2) is 16.2 Å². The van der Waals surface area contributed by atoms with Gasteiger partial charge in [-0.15, -0.1) is 11.3 Å². The van der Waals surface area contributed by atoms with E-state index in [1.54, 1.807) is 11.3 Å². The van der Waals surface area contributed by atoms with Crippen LogP contribution in [0.15, 0.2) is 23.7 Å². The zero-order valence-electron chi connectivity index (χ0n) is 10.6. The fraction of sp³-hybridized carbons (Fsp3) is 0.500. The second-order valence-electron chi connectivity index (χ2n) is 5.21. The lowest BCUT2D eigenvalue weighted by Gasteiger charge is -2.12. The SMILES string of the molecule is CC(CC1CC1)NCc1cn[nH]c1-c1cccs1. The molecule has 4 heteroatoms. The van der Waals surface area contributed by atoms with E-state index in [1.165, 1.54) is 29.7 Å². The summed E-state index contributed by atoms with van der Waals surface area (Å²) < 4.78 is 0. The summed E-state index contributed by atoms with van der Waals surface area (Å²) in [5, 5.41) is 13.0. The van der Waals surface area contributed by atoms with E-state index >= 15 is 0 Å². The van der Waals surface area contributed by atoms with Crippen LogP contribution in [0.4, 0.5) is 0 Å². The topological polar surface area (TPSA) is 40.7 Å². The molecule has 2 N–H and O–H groups in total. The van der Waals surface area contributed by atoms with Gasteiger partial charge in [-0.2, -0.15) is 5.10 Å². The minimum atomic E-state index is 0.601. The molecule has 96 valence electrons. The quantitative estimate of drug-likeness (QED) is 0.836. The molecule has 3 nitrogen and oxygen atoms in total. The van der Waals surface area contributed by atoms with Gasteiger partial charge >= 0.3 is 0 Å². The van der Waals surface area contributed by atoms with Crippen LogP contribution in [0, 0.1) is 5.92 Å². The van der Waals surface area contributed by atoms with Gasteiger partial charge < -0.3 is 5.32 Å². The first-order chi connectivity index (χ1) is 8.83. The third-order valence-electron chi connectivity index (χ3n) is 3.51. The lowest BCUT2D eigenvalue weighted by molar-refractivity contribution is 0.488. The van der Waals surface area contributed by atoms with E-state index in [4.69, 9.17) is 0 Å². The van der Waals surface area contributed by atoms with E-state index in [0.29, 0.717) is 6.04 Å². The molecule has 0 aromatic carbocycles. The van der Waals surface area contributed by atoms with Gasteiger partial charge in [0.15, 0.2) is 0 Å². The van der Waals surface area contributed by atoms with Gasteiger partial charge in [0.1, 0.15) is 0 Å². The first-order valence-electron chi connectivity index (χ1n) is 6.62. The van der Waals surface area contributed by atoms with Crippen molar-refractivity contribution in [3.63, 3.8) is 0 Å². The Morgan fingerprint density at radius 1 is 1.56 bits per heavy atom. The molecule has 0 radical (unpaired) electrons. The lowest BCUT2D eigenvalue weighted by atomic mass is 10.1. The fourth-order valence-corrected chi connectivity index (χ4v) is 3.06. The number of aromatic nitrogens is 2. The second-order valence-corrected chi connectivity index (χ2v) is 6.16. The molecule has 1 fully saturated rings. The number of H-pyrrole nitrogens is 1. The van der Waals surface area contributed by atoms with Gasteiger partial charge in [0, 0.05) is 18.2 Å². The number of nitrogens with zero attached hydrogens (tertiary/aromatic N) is 1. The van der Waals surface area contributed by atoms with Crippen molar-refractivity contribution in [2.45, 2.75) is 38.8 Å². The van der Waals surface area contributed by atoms with E-state index < -0.39 is 0 Å². The molecule has 1 unspecified atom stereocenters. The molecule has 2 heterocycles. The molecular formula is C14H19N3S. The number of thiophene rings is 1. The largest absolute Gasteiger partial charge is 0.310 e. The van der Waals surface area contributed by atoms with E-state index in [2.05, 4.69) is 40.0 Å². The van der Waals surface area contributed by atoms with Crippen molar-refractivity contribution in [3.8, 4) is 10.6 Å². The molecule has 0 amide bonds. The molecule has 1 aliphatic rings. The highest BCUT2D eigenvalue weighted by Gasteiger charge is 2.23. The van der Waals surface area contributed by atoms with Crippen LogP contribution < -0.4 is 5.32 Å². The van der Waals surface area contributed by atoms with Crippen LogP contribution in [0.5, 0.6) is 0 Å². The van der Waals surface area contributed by atoms with E-state index in [0.717, 1.165) is 18.2 Å². The number of hydrogen-bond donors (Lipinski definition) is 2. The highest BCUT2D eigenvalue weighted by Crippen LogP contribution is 2.33. The third kappa shape index (κ3) is 2.82. The van der Waals surface area contributed by atoms with Crippen molar-refractivity contribution < 1.29 is 0 Å². The molecule has 3 rings (SSSR count). The Balaban J connectivity index is 1.60. The average molecular weight is 261 g/mol. The van der Waals surface area contributed by atoms with E-state index in [-0.39, 0.29) is 0 Å². The van der Waals surface area contributed by atoms with Crippen LogP contribution in [0.2, 0.25) is 0 Å². The van der Waals surface area contributed by atoms with Crippen molar-refractivity contribution in [1.82, 2.24) is 15.5 Å². The summed E-state index contributed by atoms with van der Waals surface area (Å²) in [7, 11) is 0. The predicted octanol–water partition coefficient (Wildman–Crippen LogP) is 3.42. The summed E-state index contributed by atoms with van der Waals surface area (Å²) in [6.07, 6.45) is 6.11. The molecule has 1 atom stereocenters. The standard InChI is InChI=1S/C14H19N3S/c1-10(7-11-4-5-11)15-8-12-9-16-17-14(12)13-3-2-6-18-13/h2-3,6,9-11,15H,4-5,7-8H2,1H3,(H,16,17). The van der Waals surface area contributed by atoms with E-state index in [9.17, 15) is 0 Å². The molecular weight excluding hydrogens is 242 g/mol. The highest BCUT2D eigenvalue weighted by atomic mass is 32.1. The molecule has 0 bridgehead atoms. The maximum absolute atomic E-state index is 4.17. The van der Waals surface area contributed by atoms with Gasteiger partial charge in [0.2, 0.25) is 0 Å². The van der Waals surface area contributed by atoms with Crippen LogP contribution >= 0.6 is 11.3 Å². The highest BCUT2D eigenvalue weighted by molar-refractivity contribution is 7.13. The monoisotopic (exact) mass is 261 g/mol. The van der Waals surface area contributed by atoms with Crippen molar-refractivity contribution >= 4 is 11.3 Å². The minimum absolute atomic E-state index is 0.601. The summed E-state index contributed by atoms with van der Waals surface area (Å²) in [5.41, 5.74) is 2.43. The third-order valence-corrected chi connectivity index (χ3v) is 4.40. The van der Waals surface area contributed by atoms with Gasteiger partial charge in [-0.25, -0.2) is 0 Å². The Labute approximate surface area is 112 Å². The van der Waals surface area contributed by atoms with Gasteiger partial charge in [-0.3, -0.25) is 5.10 Å². The normalized spacial score (nSPS) is 16.9. The summed E-state index contributed by atoms with van der Waals surface area (Å²) in [5.74, 6) is 0.980. The number of nitrogens with one attached hydrogen (secondary N) is 2. The molecule has 0 saturated heterocycles. The molecule has 18 heavy (non-hydrogen) atoms. The van der Waals surface area contributed by atoms with Crippen LogP contribution in [-0.2, 0) is 6.54 Å². The van der Waals surface area contributed by atoms with Crippen molar-refractivity contribution in [2.24, 2.45) is 5.92 Å². The van der Waals surface area contributed by atoms with Gasteiger partial charge in [-0.05, 0) is 30.7 Å². The molecule has 1 saturated carbocycles. The predicted molar refractivity (Wildman–Crippen MR) is 75.5 cm³/mol. The minimum Gasteiger partial charge on any atom is -0.310 e. The van der Waals surface area contributed by atoms with Crippen LogP contribution in [0.3, 0.4) is 0 Å². The van der Waals surface area contributed by atoms with Gasteiger partial charge in [-0.1, -0.05) is 18.9 Å². The number of hydrogen-bond acceptors (Lipinski definition) is 3. The Morgan fingerprint density at radius 2 is 2.44 bits per heavy atom. The Bertz CT molecular complexity index is 485. The number of rotatable bonds is 6. The van der Waals surface area contributed by atoms with Crippen molar-refractivity contribution in [1.29, 1.82) is 0 Å².